The minimum Gasteiger partial charge on any atom is -0.295 e. The Labute approximate surface area is 141 Å². The van der Waals surface area contributed by atoms with E-state index in [2.05, 4.69) is 0 Å². The molecule has 0 spiro atoms. The molecule has 0 saturated carbocycles. The molecule has 0 unspecified atom stereocenters. The maximum absolute atomic E-state index is 13.1. The summed E-state index contributed by atoms with van der Waals surface area (Å²) in [4.78, 5) is 22.8. The fraction of sp³-hybridized carbons (Fsp3) is 0.0667. The van der Waals surface area contributed by atoms with Crippen molar-refractivity contribution < 1.29 is 26.8 Å². The van der Waals surface area contributed by atoms with Gasteiger partial charge in [-0.15, -0.1) is 0 Å². The Balaban J connectivity index is 2.37. The van der Waals surface area contributed by atoms with Gasteiger partial charge in [-0.2, -0.15) is 0 Å². The normalized spacial score (nSPS) is 11.2. The van der Waals surface area contributed by atoms with Crippen LogP contribution in [-0.4, -0.2) is 20.1 Å². The molecule has 1 amide bonds. The predicted molar refractivity (Wildman–Crippen MR) is 82.5 cm³/mol. The molecule has 0 bridgehead atoms. The second-order valence-electron chi connectivity index (χ2n) is 4.76. The van der Waals surface area contributed by atoms with Crippen molar-refractivity contribution in [3.05, 3.63) is 64.2 Å². The first kappa shape index (κ1) is 18.0. The standard InChI is InChI=1S/C15H10ClF2NO4S/c1-8(20)9-2-4-11(16)14(7-9)24(22,23)19-15(21)10-3-5-12(17)13(18)6-10/h2-7H,1H3,(H,19,21). The van der Waals surface area contributed by atoms with Crippen molar-refractivity contribution in [2.24, 2.45) is 0 Å². The summed E-state index contributed by atoms with van der Waals surface area (Å²) in [5, 5.41) is -0.203. The van der Waals surface area contributed by atoms with Gasteiger partial charge in [0.05, 0.1) is 5.02 Å². The van der Waals surface area contributed by atoms with Crippen molar-refractivity contribution in [1.82, 2.24) is 4.72 Å². The number of hydrogen-bond acceptors (Lipinski definition) is 4. The highest BCUT2D eigenvalue weighted by atomic mass is 35.5. The van der Waals surface area contributed by atoms with Gasteiger partial charge >= 0.3 is 0 Å². The molecule has 0 aromatic heterocycles. The number of carbonyl (C=O) groups excluding carboxylic acids is 2. The van der Waals surface area contributed by atoms with Crippen molar-refractivity contribution in [1.29, 1.82) is 0 Å². The van der Waals surface area contributed by atoms with Gasteiger partial charge in [-0.25, -0.2) is 21.9 Å². The second-order valence-corrected chi connectivity index (χ2v) is 6.82. The number of benzene rings is 2. The SMILES string of the molecule is CC(=O)c1ccc(Cl)c(S(=O)(=O)NC(=O)c2ccc(F)c(F)c2)c1. The van der Waals surface area contributed by atoms with E-state index in [1.54, 1.807) is 4.72 Å². The van der Waals surface area contributed by atoms with Gasteiger partial charge in [-0.1, -0.05) is 11.6 Å². The summed E-state index contributed by atoms with van der Waals surface area (Å²) in [6, 6.07) is 5.74. The molecule has 0 aliphatic heterocycles. The van der Waals surface area contributed by atoms with Crippen molar-refractivity contribution in [3.63, 3.8) is 0 Å². The van der Waals surface area contributed by atoms with Crippen LogP contribution in [0.3, 0.4) is 0 Å². The quantitative estimate of drug-likeness (QED) is 0.835. The van der Waals surface area contributed by atoms with Crippen molar-refractivity contribution >= 4 is 33.3 Å². The van der Waals surface area contributed by atoms with Crippen LogP contribution in [0.25, 0.3) is 0 Å². The van der Waals surface area contributed by atoms with E-state index in [0.717, 1.165) is 12.1 Å². The zero-order chi connectivity index (χ0) is 18.1. The molecule has 0 radical (unpaired) electrons. The molecule has 0 atom stereocenters. The van der Waals surface area contributed by atoms with Crippen LogP contribution in [0.4, 0.5) is 8.78 Å². The van der Waals surface area contributed by atoms with E-state index in [1.807, 2.05) is 0 Å². The van der Waals surface area contributed by atoms with E-state index in [-0.39, 0.29) is 10.6 Å². The topological polar surface area (TPSA) is 80.3 Å². The van der Waals surface area contributed by atoms with E-state index >= 15 is 0 Å². The lowest BCUT2D eigenvalue weighted by atomic mass is 10.1. The first-order valence-electron chi connectivity index (χ1n) is 6.44. The minimum atomic E-state index is -4.42. The number of halogens is 3. The summed E-state index contributed by atoms with van der Waals surface area (Å²) in [5.74, 6) is -4.03. The zero-order valence-electron chi connectivity index (χ0n) is 12.1. The van der Waals surface area contributed by atoms with Crippen molar-refractivity contribution in [3.8, 4) is 0 Å². The smallest absolute Gasteiger partial charge is 0.265 e. The van der Waals surface area contributed by atoms with Crippen LogP contribution in [0, 0.1) is 11.6 Å². The lowest BCUT2D eigenvalue weighted by molar-refractivity contribution is 0.0979. The summed E-state index contributed by atoms with van der Waals surface area (Å²) >= 11 is 5.81. The third kappa shape index (κ3) is 3.77. The molecule has 0 fully saturated rings. The molecule has 2 aromatic rings. The van der Waals surface area contributed by atoms with Crippen LogP contribution in [0.5, 0.6) is 0 Å². The molecule has 24 heavy (non-hydrogen) atoms. The molecular weight excluding hydrogens is 364 g/mol. The van der Waals surface area contributed by atoms with Gasteiger partial charge in [0.1, 0.15) is 4.90 Å². The van der Waals surface area contributed by atoms with Gasteiger partial charge < -0.3 is 0 Å². The molecule has 2 rings (SSSR count). The molecule has 0 aliphatic carbocycles. The van der Waals surface area contributed by atoms with Crippen LogP contribution >= 0.6 is 11.6 Å². The summed E-state index contributed by atoms with van der Waals surface area (Å²) in [6.07, 6.45) is 0. The molecule has 2 aromatic carbocycles. The Morgan fingerprint density at radius 1 is 1.00 bits per heavy atom. The van der Waals surface area contributed by atoms with E-state index in [0.29, 0.717) is 12.1 Å². The monoisotopic (exact) mass is 373 g/mol. The number of amides is 1. The summed E-state index contributed by atoms with van der Waals surface area (Å²) < 4.78 is 52.2. The second kappa shape index (κ2) is 6.66. The van der Waals surface area contributed by atoms with E-state index in [9.17, 15) is 26.8 Å². The fourth-order valence-electron chi connectivity index (χ4n) is 1.80. The van der Waals surface area contributed by atoms with Crippen LogP contribution in [0.15, 0.2) is 41.3 Å². The Hall–Kier alpha value is -2.32. The lowest BCUT2D eigenvalue weighted by Crippen LogP contribution is -2.31. The highest BCUT2D eigenvalue weighted by Gasteiger charge is 2.23. The Bertz CT molecular complexity index is 944. The summed E-state index contributed by atoms with van der Waals surface area (Å²) in [5.41, 5.74) is -0.309. The van der Waals surface area contributed by atoms with E-state index in [1.165, 1.54) is 19.1 Å². The number of Topliss-reactive ketones (excluding diaryl/α,β-unsaturated/α-hetero) is 1. The third-order valence-electron chi connectivity index (χ3n) is 3.04. The Morgan fingerprint density at radius 2 is 1.62 bits per heavy atom. The van der Waals surface area contributed by atoms with Crippen LogP contribution in [0.2, 0.25) is 5.02 Å². The van der Waals surface area contributed by atoms with Crippen molar-refractivity contribution in [2.75, 3.05) is 0 Å². The highest BCUT2D eigenvalue weighted by Crippen LogP contribution is 2.23. The fourth-order valence-corrected chi connectivity index (χ4v) is 3.30. The number of carbonyl (C=O) groups is 2. The summed E-state index contributed by atoms with van der Waals surface area (Å²) in [6.45, 7) is 1.24. The molecule has 0 aliphatic rings. The molecule has 0 saturated heterocycles. The van der Waals surface area contributed by atoms with Gasteiger partial charge in [0, 0.05) is 11.1 Å². The molecule has 5 nitrogen and oxygen atoms in total. The first-order chi connectivity index (χ1) is 11.1. The minimum absolute atomic E-state index is 0.0834. The first-order valence-corrected chi connectivity index (χ1v) is 8.30. The predicted octanol–water partition coefficient (Wildman–Crippen LogP) is 2.94. The van der Waals surface area contributed by atoms with Crippen LogP contribution < -0.4 is 4.72 Å². The van der Waals surface area contributed by atoms with Gasteiger partial charge in [0.25, 0.3) is 15.9 Å². The molecule has 1 N–H and O–H groups in total. The molecule has 0 heterocycles. The lowest BCUT2D eigenvalue weighted by Gasteiger charge is -2.10. The average molecular weight is 374 g/mol. The van der Waals surface area contributed by atoms with Crippen molar-refractivity contribution in [2.45, 2.75) is 11.8 Å². The number of sulfonamides is 1. The molecule has 9 heteroatoms. The molecular formula is C15H10ClF2NO4S. The highest BCUT2D eigenvalue weighted by molar-refractivity contribution is 7.90. The van der Waals surface area contributed by atoms with Crippen LogP contribution in [-0.2, 0) is 10.0 Å². The van der Waals surface area contributed by atoms with E-state index < -0.39 is 43.8 Å². The van der Waals surface area contributed by atoms with Gasteiger partial charge in [-0.3, -0.25) is 9.59 Å². The molecule has 126 valence electrons. The number of nitrogens with one attached hydrogen (secondary N) is 1. The van der Waals surface area contributed by atoms with Crippen LogP contribution in [0.1, 0.15) is 27.6 Å². The number of hydrogen-bond donors (Lipinski definition) is 1. The van der Waals surface area contributed by atoms with Gasteiger partial charge in [0.2, 0.25) is 0 Å². The third-order valence-corrected chi connectivity index (χ3v) is 4.85. The average Bonchev–Trinajstić information content (AvgIpc) is 2.49. The van der Waals surface area contributed by atoms with Gasteiger partial charge in [-0.05, 0) is 43.3 Å². The Kier molecular flexibility index (Phi) is 5.00. The maximum atomic E-state index is 13.1. The van der Waals surface area contributed by atoms with E-state index in [4.69, 9.17) is 11.6 Å². The van der Waals surface area contributed by atoms with Gasteiger partial charge in [0.15, 0.2) is 17.4 Å². The summed E-state index contributed by atoms with van der Waals surface area (Å²) in [7, 11) is -4.42. The zero-order valence-corrected chi connectivity index (χ0v) is 13.7. The number of rotatable bonds is 4. The maximum Gasteiger partial charge on any atom is 0.265 e. The Morgan fingerprint density at radius 3 is 2.21 bits per heavy atom. The largest absolute Gasteiger partial charge is 0.295 e. The number of ketones is 1.